The summed E-state index contributed by atoms with van der Waals surface area (Å²) in [4.78, 5) is 0. The van der Waals surface area contributed by atoms with E-state index in [1.807, 2.05) is 24.3 Å². The molecule has 84 valence electrons. The van der Waals surface area contributed by atoms with Crippen LogP contribution in [-0.4, -0.2) is 20.3 Å². The van der Waals surface area contributed by atoms with Crippen molar-refractivity contribution in [2.75, 3.05) is 20.3 Å². The number of nitrogens with two attached hydrogens (primary N) is 1. The van der Waals surface area contributed by atoms with E-state index in [2.05, 4.69) is 6.92 Å². The molecule has 0 bridgehead atoms. The van der Waals surface area contributed by atoms with E-state index in [1.54, 1.807) is 7.11 Å². The van der Waals surface area contributed by atoms with E-state index < -0.39 is 0 Å². The SMILES string of the molecule is COc1cccc(COCC(C)CN)c1. The lowest BCUT2D eigenvalue weighted by Crippen LogP contribution is -2.16. The second-order valence-electron chi connectivity index (χ2n) is 3.71. The minimum atomic E-state index is 0.413. The van der Waals surface area contributed by atoms with Gasteiger partial charge in [-0.1, -0.05) is 19.1 Å². The Hall–Kier alpha value is -1.06. The maximum Gasteiger partial charge on any atom is 0.119 e. The summed E-state index contributed by atoms with van der Waals surface area (Å²) in [6, 6.07) is 7.89. The fraction of sp³-hybridized carbons (Fsp3) is 0.500. The predicted molar refractivity (Wildman–Crippen MR) is 60.9 cm³/mol. The smallest absolute Gasteiger partial charge is 0.119 e. The number of hydrogen-bond donors (Lipinski definition) is 1. The average molecular weight is 209 g/mol. The Balaban J connectivity index is 2.37. The number of hydrogen-bond acceptors (Lipinski definition) is 3. The molecule has 0 fully saturated rings. The van der Waals surface area contributed by atoms with Crippen LogP contribution in [-0.2, 0) is 11.3 Å². The molecule has 2 N–H and O–H groups in total. The van der Waals surface area contributed by atoms with E-state index >= 15 is 0 Å². The van der Waals surface area contributed by atoms with Crippen molar-refractivity contribution in [1.29, 1.82) is 0 Å². The van der Waals surface area contributed by atoms with Crippen molar-refractivity contribution in [3.05, 3.63) is 29.8 Å². The molecular formula is C12H19NO2. The highest BCUT2D eigenvalue weighted by Gasteiger charge is 2.00. The third-order valence-electron chi connectivity index (χ3n) is 2.21. The lowest BCUT2D eigenvalue weighted by Gasteiger charge is -2.09. The molecule has 0 aliphatic carbocycles. The maximum absolute atomic E-state index is 5.54. The lowest BCUT2D eigenvalue weighted by molar-refractivity contribution is 0.0942. The van der Waals surface area contributed by atoms with Crippen molar-refractivity contribution in [3.63, 3.8) is 0 Å². The Morgan fingerprint density at radius 2 is 2.20 bits per heavy atom. The van der Waals surface area contributed by atoms with Crippen LogP contribution < -0.4 is 10.5 Å². The monoisotopic (exact) mass is 209 g/mol. The van der Waals surface area contributed by atoms with Gasteiger partial charge in [-0.05, 0) is 30.2 Å². The molecule has 0 saturated carbocycles. The first kappa shape index (κ1) is 12.0. The number of methoxy groups -OCH3 is 1. The predicted octanol–water partition coefficient (Wildman–Crippen LogP) is 1.81. The number of rotatable bonds is 6. The van der Waals surface area contributed by atoms with Crippen LogP contribution in [0.2, 0.25) is 0 Å². The fourth-order valence-corrected chi connectivity index (χ4v) is 1.21. The van der Waals surface area contributed by atoms with Gasteiger partial charge in [0.05, 0.1) is 20.3 Å². The average Bonchev–Trinajstić information content (AvgIpc) is 2.29. The molecule has 1 unspecified atom stereocenters. The third-order valence-corrected chi connectivity index (χ3v) is 2.21. The molecule has 0 saturated heterocycles. The first-order valence-corrected chi connectivity index (χ1v) is 5.17. The summed E-state index contributed by atoms with van der Waals surface area (Å²) in [5.74, 6) is 1.28. The highest BCUT2D eigenvalue weighted by molar-refractivity contribution is 5.27. The second-order valence-corrected chi connectivity index (χ2v) is 3.71. The Labute approximate surface area is 91.2 Å². The summed E-state index contributed by atoms with van der Waals surface area (Å²) in [6.07, 6.45) is 0. The quantitative estimate of drug-likeness (QED) is 0.777. The van der Waals surface area contributed by atoms with Crippen molar-refractivity contribution >= 4 is 0 Å². The Bertz CT molecular complexity index is 289. The molecule has 0 aromatic heterocycles. The molecule has 0 amide bonds. The van der Waals surface area contributed by atoms with E-state index in [4.69, 9.17) is 15.2 Å². The van der Waals surface area contributed by atoms with E-state index in [-0.39, 0.29) is 0 Å². The molecule has 0 aliphatic heterocycles. The highest BCUT2D eigenvalue weighted by atomic mass is 16.5. The van der Waals surface area contributed by atoms with Gasteiger partial charge in [0, 0.05) is 0 Å². The van der Waals surface area contributed by atoms with Crippen molar-refractivity contribution in [3.8, 4) is 5.75 Å². The molecule has 1 atom stereocenters. The molecular weight excluding hydrogens is 190 g/mol. The topological polar surface area (TPSA) is 44.5 Å². The zero-order chi connectivity index (χ0) is 11.1. The minimum absolute atomic E-state index is 0.413. The molecule has 3 heteroatoms. The van der Waals surface area contributed by atoms with E-state index in [0.29, 0.717) is 25.7 Å². The van der Waals surface area contributed by atoms with Gasteiger partial charge < -0.3 is 15.2 Å². The highest BCUT2D eigenvalue weighted by Crippen LogP contribution is 2.13. The Morgan fingerprint density at radius 3 is 2.87 bits per heavy atom. The maximum atomic E-state index is 5.54. The van der Waals surface area contributed by atoms with Crippen LogP contribution in [0.4, 0.5) is 0 Å². The fourth-order valence-electron chi connectivity index (χ4n) is 1.21. The normalized spacial score (nSPS) is 12.5. The summed E-state index contributed by atoms with van der Waals surface area (Å²) in [6.45, 7) is 4.05. The van der Waals surface area contributed by atoms with Gasteiger partial charge in [-0.15, -0.1) is 0 Å². The zero-order valence-electron chi connectivity index (χ0n) is 9.40. The lowest BCUT2D eigenvalue weighted by atomic mass is 10.2. The second kappa shape index (κ2) is 6.43. The first-order valence-electron chi connectivity index (χ1n) is 5.17. The van der Waals surface area contributed by atoms with Gasteiger partial charge in [-0.25, -0.2) is 0 Å². The molecule has 1 aromatic rings. The third kappa shape index (κ3) is 4.32. The van der Waals surface area contributed by atoms with Crippen LogP contribution in [0, 0.1) is 5.92 Å². The summed E-state index contributed by atoms with van der Waals surface area (Å²) < 4.78 is 10.7. The van der Waals surface area contributed by atoms with E-state index in [0.717, 1.165) is 11.3 Å². The van der Waals surface area contributed by atoms with Crippen LogP contribution in [0.5, 0.6) is 5.75 Å². The van der Waals surface area contributed by atoms with Gasteiger partial charge >= 0.3 is 0 Å². The Kier molecular flexibility index (Phi) is 5.15. The van der Waals surface area contributed by atoms with Crippen LogP contribution >= 0.6 is 0 Å². The first-order chi connectivity index (χ1) is 7.26. The zero-order valence-corrected chi connectivity index (χ0v) is 9.40. The Morgan fingerprint density at radius 1 is 1.40 bits per heavy atom. The summed E-state index contributed by atoms with van der Waals surface area (Å²) >= 11 is 0. The van der Waals surface area contributed by atoms with Crippen molar-refractivity contribution in [2.45, 2.75) is 13.5 Å². The van der Waals surface area contributed by atoms with Gasteiger partial charge in [0.2, 0.25) is 0 Å². The number of benzene rings is 1. The van der Waals surface area contributed by atoms with Gasteiger partial charge in [0.25, 0.3) is 0 Å². The molecule has 3 nitrogen and oxygen atoms in total. The molecule has 15 heavy (non-hydrogen) atoms. The van der Waals surface area contributed by atoms with E-state index in [1.165, 1.54) is 0 Å². The van der Waals surface area contributed by atoms with Crippen LogP contribution in [0.15, 0.2) is 24.3 Å². The minimum Gasteiger partial charge on any atom is -0.497 e. The van der Waals surface area contributed by atoms with Gasteiger partial charge in [0.1, 0.15) is 5.75 Å². The standard InChI is InChI=1S/C12H19NO2/c1-10(7-13)8-15-9-11-4-3-5-12(6-11)14-2/h3-6,10H,7-9,13H2,1-2H3. The summed E-state index contributed by atoms with van der Waals surface area (Å²) in [7, 11) is 1.66. The van der Waals surface area contributed by atoms with Crippen LogP contribution in [0.3, 0.4) is 0 Å². The molecule has 0 spiro atoms. The largest absolute Gasteiger partial charge is 0.497 e. The summed E-state index contributed by atoms with van der Waals surface area (Å²) in [5, 5.41) is 0. The van der Waals surface area contributed by atoms with Gasteiger partial charge in [0.15, 0.2) is 0 Å². The van der Waals surface area contributed by atoms with Crippen molar-refractivity contribution in [2.24, 2.45) is 11.7 Å². The van der Waals surface area contributed by atoms with Crippen molar-refractivity contribution < 1.29 is 9.47 Å². The van der Waals surface area contributed by atoms with Crippen LogP contribution in [0.1, 0.15) is 12.5 Å². The van der Waals surface area contributed by atoms with Gasteiger partial charge in [-0.3, -0.25) is 0 Å². The van der Waals surface area contributed by atoms with Crippen molar-refractivity contribution in [1.82, 2.24) is 0 Å². The van der Waals surface area contributed by atoms with E-state index in [9.17, 15) is 0 Å². The number of ether oxygens (including phenoxy) is 2. The summed E-state index contributed by atoms with van der Waals surface area (Å²) in [5.41, 5.74) is 6.62. The molecule has 0 aliphatic rings. The van der Waals surface area contributed by atoms with Gasteiger partial charge in [-0.2, -0.15) is 0 Å². The molecule has 1 rings (SSSR count). The molecule has 0 heterocycles. The van der Waals surface area contributed by atoms with Crippen LogP contribution in [0.25, 0.3) is 0 Å². The molecule has 1 aromatic carbocycles. The molecule has 0 radical (unpaired) electrons.